The second-order valence-electron chi connectivity index (χ2n) is 7.15. The van der Waals surface area contributed by atoms with Crippen molar-refractivity contribution in [1.82, 2.24) is 20.4 Å². The predicted octanol–water partition coefficient (Wildman–Crippen LogP) is 2.25. The third kappa shape index (κ3) is 5.72. The van der Waals surface area contributed by atoms with E-state index in [9.17, 15) is 0 Å². The second-order valence-corrected chi connectivity index (χ2v) is 7.15. The lowest BCUT2D eigenvalue weighted by molar-refractivity contribution is 0.266. The van der Waals surface area contributed by atoms with Crippen molar-refractivity contribution in [2.75, 3.05) is 47.3 Å². The molecule has 1 aromatic rings. The van der Waals surface area contributed by atoms with E-state index in [0.717, 1.165) is 25.6 Å². The first-order valence-electron chi connectivity index (χ1n) is 9.46. The molecule has 0 aromatic heterocycles. The molecule has 1 fully saturated rings. The molecule has 1 aromatic carbocycles. The third-order valence-corrected chi connectivity index (χ3v) is 5.18. The quantitative estimate of drug-likeness (QED) is 0.588. The molecule has 5 nitrogen and oxygen atoms in total. The molecule has 2 N–H and O–H groups in total. The minimum Gasteiger partial charge on any atom is -0.355 e. The van der Waals surface area contributed by atoms with E-state index in [2.05, 4.69) is 77.6 Å². The molecular weight excluding hydrogens is 310 g/mol. The van der Waals surface area contributed by atoms with Crippen LogP contribution < -0.4 is 10.6 Å². The SMILES string of the molecule is CCN1CCCC1CNC(=NC)NCC(c1ccc(C)cc1)N(C)C. The lowest BCUT2D eigenvalue weighted by Gasteiger charge is -2.27. The van der Waals surface area contributed by atoms with E-state index in [1.54, 1.807) is 0 Å². The number of likely N-dealkylation sites (N-methyl/N-ethyl adjacent to an activating group) is 2. The van der Waals surface area contributed by atoms with Crippen LogP contribution in [0.5, 0.6) is 0 Å². The average Bonchev–Trinajstić information content (AvgIpc) is 3.06. The molecule has 1 aliphatic heterocycles. The van der Waals surface area contributed by atoms with Crippen LogP contribution in [-0.4, -0.2) is 69.1 Å². The number of rotatable bonds is 7. The van der Waals surface area contributed by atoms with Gasteiger partial charge >= 0.3 is 0 Å². The Morgan fingerprint density at radius 3 is 2.60 bits per heavy atom. The topological polar surface area (TPSA) is 42.9 Å². The lowest BCUT2D eigenvalue weighted by Crippen LogP contribution is -2.46. The summed E-state index contributed by atoms with van der Waals surface area (Å²) >= 11 is 0. The van der Waals surface area contributed by atoms with Gasteiger partial charge in [-0.3, -0.25) is 9.89 Å². The van der Waals surface area contributed by atoms with Gasteiger partial charge in [0.25, 0.3) is 0 Å². The molecule has 0 radical (unpaired) electrons. The summed E-state index contributed by atoms with van der Waals surface area (Å²) in [5.74, 6) is 0.891. The fourth-order valence-corrected chi connectivity index (χ4v) is 3.56. The Morgan fingerprint density at radius 1 is 1.28 bits per heavy atom. The number of hydrogen-bond donors (Lipinski definition) is 2. The van der Waals surface area contributed by atoms with Crippen LogP contribution >= 0.6 is 0 Å². The summed E-state index contributed by atoms with van der Waals surface area (Å²) in [5.41, 5.74) is 2.62. The van der Waals surface area contributed by atoms with Crippen molar-refractivity contribution in [3.05, 3.63) is 35.4 Å². The van der Waals surface area contributed by atoms with E-state index in [1.165, 1.54) is 30.5 Å². The van der Waals surface area contributed by atoms with E-state index >= 15 is 0 Å². The molecule has 0 bridgehead atoms. The van der Waals surface area contributed by atoms with Crippen LogP contribution in [0.15, 0.2) is 29.3 Å². The van der Waals surface area contributed by atoms with Crippen molar-refractivity contribution < 1.29 is 0 Å². The summed E-state index contributed by atoms with van der Waals surface area (Å²) in [6, 6.07) is 9.74. The number of likely N-dealkylation sites (tertiary alicyclic amines) is 1. The molecule has 2 rings (SSSR count). The fourth-order valence-electron chi connectivity index (χ4n) is 3.56. The largest absolute Gasteiger partial charge is 0.355 e. The maximum atomic E-state index is 4.40. The fraction of sp³-hybridized carbons (Fsp3) is 0.650. The highest BCUT2D eigenvalue weighted by Gasteiger charge is 2.23. The Kier molecular flexibility index (Phi) is 7.72. The Bertz CT molecular complexity index is 538. The summed E-state index contributed by atoms with van der Waals surface area (Å²) < 4.78 is 0. The molecule has 0 aliphatic carbocycles. The van der Waals surface area contributed by atoms with Gasteiger partial charge in [-0.05, 0) is 52.5 Å². The van der Waals surface area contributed by atoms with Gasteiger partial charge in [-0.25, -0.2) is 0 Å². The van der Waals surface area contributed by atoms with Gasteiger partial charge in [-0.1, -0.05) is 36.8 Å². The number of nitrogens with one attached hydrogen (secondary N) is 2. The van der Waals surface area contributed by atoms with Gasteiger partial charge in [0, 0.05) is 26.2 Å². The molecule has 0 saturated carbocycles. The zero-order valence-corrected chi connectivity index (χ0v) is 16.5. The molecule has 0 amide bonds. The summed E-state index contributed by atoms with van der Waals surface area (Å²) in [5, 5.41) is 7.01. The molecule has 5 heteroatoms. The minimum absolute atomic E-state index is 0.317. The van der Waals surface area contributed by atoms with Gasteiger partial charge in [-0.2, -0.15) is 0 Å². The molecule has 1 saturated heterocycles. The normalized spacial score (nSPS) is 20.1. The average molecular weight is 346 g/mol. The first kappa shape index (κ1) is 19.7. The zero-order valence-electron chi connectivity index (χ0n) is 16.5. The molecular formula is C20H35N5. The Hall–Kier alpha value is -1.59. The van der Waals surface area contributed by atoms with Gasteiger partial charge in [-0.15, -0.1) is 0 Å². The highest BCUT2D eigenvalue weighted by Crippen LogP contribution is 2.18. The van der Waals surface area contributed by atoms with Crippen LogP contribution in [0.25, 0.3) is 0 Å². The summed E-state index contributed by atoms with van der Waals surface area (Å²) in [7, 11) is 6.10. The van der Waals surface area contributed by atoms with Crippen LogP contribution in [0, 0.1) is 6.92 Å². The molecule has 0 spiro atoms. The van der Waals surface area contributed by atoms with Crippen LogP contribution in [0.1, 0.15) is 36.9 Å². The summed E-state index contributed by atoms with van der Waals surface area (Å²) in [4.78, 5) is 9.20. The third-order valence-electron chi connectivity index (χ3n) is 5.18. The van der Waals surface area contributed by atoms with Gasteiger partial charge in [0.2, 0.25) is 0 Å². The zero-order chi connectivity index (χ0) is 18.2. The predicted molar refractivity (Wildman–Crippen MR) is 107 cm³/mol. The van der Waals surface area contributed by atoms with Crippen LogP contribution in [-0.2, 0) is 0 Å². The van der Waals surface area contributed by atoms with E-state index in [0.29, 0.717) is 12.1 Å². The van der Waals surface area contributed by atoms with Crippen molar-refractivity contribution >= 4 is 5.96 Å². The number of benzene rings is 1. The van der Waals surface area contributed by atoms with Gasteiger partial charge in [0.15, 0.2) is 5.96 Å². The molecule has 2 atom stereocenters. The van der Waals surface area contributed by atoms with Gasteiger partial charge < -0.3 is 15.5 Å². The molecule has 1 heterocycles. The smallest absolute Gasteiger partial charge is 0.191 e. The molecule has 140 valence electrons. The Labute approximate surface area is 153 Å². The minimum atomic E-state index is 0.317. The first-order valence-corrected chi connectivity index (χ1v) is 9.46. The van der Waals surface area contributed by atoms with Gasteiger partial charge in [0.1, 0.15) is 0 Å². The van der Waals surface area contributed by atoms with Crippen LogP contribution in [0.3, 0.4) is 0 Å². The maximum Gasteiger partial charge on any atom is 0.191 e. The lowest BCUT2D eigenvalue weighted by atomic mass is 10.0. The van der Waals surface area contributed by atoms with E-state index in [1.807, 2.05) is 7.05 Å². The van der Waals surface area contributed by atoms with Crippen molar-refractivity contribution in [1.29, 1.82) is 0 Å². The number of aryl methyl sites for hydroxylation is 1. The molecule has 25 heavy (non-hydrogen) atoms. The first-order chi connectivity index (χ1) is 12.0. The van der Waals surface area contributed by atoms with E-state index in [4.69, 9.17) is 0 Å². The number of hydrogen-bond acceptors (Lipinski definition) is 3. The van der Waals surface area contributed by atoms with Crippen LogP contribution in [0.2, 0.25) is 0 Å². The number of guanidine groups is 1. The number of aliphatic imine (C=N–C) groups is 1. The Morgan fingerprint density at radius 2 is 2.00 bits per heavy atom. The molecule has 2 unspecified atom stereocenters. The van der Waals surface area contributed by atoms with Crippen molar-refractivity contribution in [2.45, 2.75) is 38.8 Å². The van der Waals surface area contributed by atoms with Crippen LogP contribution in [0.4, 0.5) is 0 Å². The van der Waals surface area contributed by atoms with E-state index in [-0.39, 0.29) is 0 Å². The van der Waals surface area contributed by atoms with Crippen molar-refractivity contribution in [3.8, 4) is 0 Å². The maximum absolute atomic E-state index is 4.40. The summed E-state index contributed by atoms with van der Waals surface area (Å²) in [6.07, 6.45) is 2.59. The van der Waals surface area contributed by atoms with Gasteiger partial charge in [0.05, 0.1) is 6.04 Å². The number of nitrogens with zero attached hydrogens (tertiary/aromatic N) is 3. The Balaban J connectivity index is 1.88. The summed E-state index contributed by atoms with van der Waals surface area (Å²) in [6.45, 7) is 8.53. The van der Waals surface area contributed by atoms with Crippen molar-refractivity contribution in [3.63, 3.8) is 0 Å². The monoisotopic (exact) mass is 345 g/mol. The highest BCUT2D eigenvalue weighted by molar-refractivity contribution is 5.79. The standard InChI is InChI=1S/C20H35N5/c1-6-25-13-7-8-18(25)14-22-20(21-3)23-15-19(24(4)5)17-11-9-16(2)10-12-17/h9-12,18-19H,6-8,13-15H2,1-5H3,(H2,21,22,23). The van der Waals surface area contributed by atoms with E-state index < -0.39 is 0 Å². The highest BCUT2D eigenvalue weighted by atomic mass is 15.2. The van der Waals surface area contributed by atoms with Crippen molar-refractivity contribution in [2.24, 2.45) is 4.99 Å². The second kappa shape index (κ2) is 9.78. The molecule has 1 aliphatic rings.